The molecule has 0 atom stereocenters. The van der Waals surface area contributed by atoms with E-state index in [1.54, 1.807) is 32.7 Å². The third kappa shape index (κ3) is 4.44. The molecule has 0 saturated carbocycles. The van der Waals surface area contributed by atoms with Gasteiger partial charge in [-0.3, -0.25) is 14.8 Å². The first kappa shape index (κ1) is 22.2. The number of piperazine rings is 1. The van der Waals surface area contributed by atoms with Crippen LogP contribution in [0.3, 0.4) is 0 Å². The van der Waals surface area contributed by atoms with Gasteiger partial charge >= 0.3 is 0 Å². The number of hydrogen-bond donors (Lipinski definition) is 1. The summed E-state index contributed by atoms with van der Waals surface area (Å²) in [6, 6.07) is 9.84. The Balaban J connectivity index is 1.38. The van der Waals surface area contributed by atoms with Crippen molar-refractivity contribution in [2.75, 3.05) is 47.5 Å². The Morgan fingerprint density at radius 1 is 1.03 bits per heavy atom. The number of rotatable bonds is 7. The molecule has 1 amide bonds. The molecular formula is C23H28N4O4S. The fourth-order valence-electron chi connectivity index (χ4n) is 3.94. The minimum absolute atomic E-state index is 0.0378. The summed E-state index contributed by atoms with van der Waals surface area (Å²) < 4.78 is 16.5. The topological polar surface area (TPSA) is 79.9 Å². The van der Waals surface area contributed by atoms with Crippen molar-refractivity contribution >= 4 is 17.2 Å². The van der Waals surface area contributed by atoms with Crippen molar-refractivity contribution < 1.29 is 19.0 Å². The molecule has 9 heteroatoms. The van der Waals surface area contributed by atoms with Gasteiger partial charge in [0, 0.05) is 43.2 Å². The minimum Gasteiger partial charge on any atom is -0.493 e. The zero-order valence-electron chi connectivity index (χ0n) is 18.8. The molecule has 4 rings (SSSR count). The van der Waals surface area contributed by atoms with E-state index in [0.717, 1.165) is 29.2 Å². The number of aryl methyl sites for hydroxylation is 1. The molecule has 0 spiro atoms. The van der Waals surface area contributed by atoms with Gasteiger partial charge in [0.05, 0.1) is 31.9 Å². The van der Waals surface area contributed by atoms with Crippen LogP contribution in [0.2, 0.25) is 0 Å². The molecule has 1 N–H and O–H groups in total. The molecule has 3 heterocycles. The highest BCUT2D eigenvalue weighted by Crippen LogP contribution is 2.40. The third-order valence-electron chi connectivity index (χ3n) is 5.64. The number of benzene rings is 1. The number of hydrogen-bond acceptors (Lipinski definition) is 7. The number of aromatic nitrogens is 2. The van der Waals surface area contributed by atoms with Gasteiger partial charge in [-0.2, -0.15) is 5.10 Å². The molecule has 1 fully saturated rings. The molecule has 0 aliphatic carbocycles. The van der Waals surface area contributed by atoms with E-state index in [1.165, 1.54) is 4.88 Å². The average molecular weight is 457 g/mol. The van der Waals surface area contributed by atoms with Gasteiger partial charge in [0.1, 0.15) is 0 Å². The molecule has 3 aromatic rings. The molecule has 32 heavy (non-hydrogen) atoms. The smallest absolute Gasteiger partial charge is 0.274 e. The van der Waals surface area contributed by atoms with E-state index in [4.69, 9.17) is 14.2 Å². The maximum absolute atomic E-state index is 12.9. The van der Waals surface area contributed by atoms with Gasteiger partial charge < -0.3 is 19.1 Å². The van der Waals surface area contributed by atoms with Gasteiger partial charge in [0.2, 0.25) is 5.75 Å². The van der Waals surface area contributed by atoms with E-state index in [9.17, 15) is 4.79 Å². The highest BCUT2D eigenvalue weighted by Gasteiger charge is 2.25. The summed E-state index contributed by atoms with van der Waals surface area (Å²) in [4.78, 5) is 19.4. The van der Waals surface area contributed by atoms with Gasteiger partial charge in [-0.25, -0.2) is 0 Å². The van der Waals surface area contributed by atoms with Crippen molar-refractivity contribution in [2.45, 2.75) is 13.5 Å². The van der Waals surface area contributed by atoms with Crippen LogP contribution in [0.5, 0.6) is 17.2 Å². The fraction of sp³-hybridized carbons (Fsp3) is 0.391. The lowest BCUT2D eigenvalue weighted by Gasteiger charge is -2.34. The van der Waals surface area contributed by atoms with Crippen LogP contribution in [0.25, 0.3) is 10.6 Å². The van der Waals surface area contributed by atoms with Gasteiger partial charge in [-0.1, -0.05) is 6.07 Å². The molecule has 0 bridgehead atoms. The van der Waals surface area contributed by atoms with Crippen molar-refractivity contribution in [1.29, 1.82) is 0 Å². The average Bonchev–Trinajstić information content (AvgIpc) is 3.48. The minimum atomic E-state index is -0.0378. The largest absolute Gasteiger partial charge is 0.493 e. The number of methoxy groups -OCH3 is 3. The Labute approximate surface area is 191 Å². The number of ether oxygens (including phenoxy) is 3. The van der Waals surface area contributed by atoms with Crippen LogP contribution in [0.4, 0.5) is 0 Å². The van der Waals surface area contributed by atoms with E-state index in [-0.39, 0.29) is 5.91 Å². The van der Waals surface area contributed by atoms with Crippen LogP contribution in [0.1, 0.15) is 20.9 Å². The molecule has 0 unspecified atom stereocenters. The maximum Gasteiger partial charge on any atom is 0.274 e. The Hall–Kier alpha value is -3.04. The third-order valence-corrected chi connectivity index (χ3v) is 6.68. The van der Waals surface area contributed by atoms with Gasteiger partial charge in [-0.05, 0) is 31.2 Å². The molecule has 1 saturated heterocycles. The van der Waals surface area contributed by atoms with Crippen molar-refractivity contribution in [3.8, 4) is 27.8 Å². The summed E-state index contributed by atoms with van der Waals surface area (Å²) >= 11 is 1.68. The predicted octanol–water partition coefficient (Wildman–Crippen LogP) is 3.43. The van der Waals surface area contributed by atoms with E-state index in [0.29, 0.717) is 42.6 Å². The van der Waals surface area contributed by atoms with Gasteiger partial charge in [0.25, 0.3) is 5.91 Å². The zero-order valence-corrected chi connectivity index (χ0v) is 19.6. The van der Waals surface area contributed by atoms with Crippen LogP contribution in [-0.2, 0) is 6.54 Å². The Kier molecular flexibility index (Phi) is 6.66. The molecule has 8 nitrogen and oxygen atoms in total. The second kappa shape index (κ2) is 9.62. The van der Waals surface area contributed by atoms with Crippen LogP contribution in [-0.4, -0.2) is 73.4 Å². The Morgan fingerprint density at radius 3 is 2.41 bits per heavy atom. The SMILES string of the molecule is COc1ccc(CN2CCN(C(=O)c3cc(-c4ccc(C)s4)[nH]n3)CC2)c(OC)c1OC. The first-order chi connectivity index (χ1) is 15.5. The maximum atomic E-state index is 12.9. The lowest BCUT2D eigenvalue weighted by molar-refractivity contribution is 0.0621. The summed E-state index contributed by atoms with van der Waals surface area (Å²) in [5, 5.41) is 7.25. The number of carbonyl (C=O) groups excluding carboxylic acids is 1. The van der Waals surface area contributed by atoms with Crippen LogP contribution in [0.15, 0.2) is 30.3 Å². The fourth-order valence-corrected chi connectivity index (χ4v) is 4.77. The van der Waals surface area contributed by atoms with Crippen LogP contribution < -0.4 is 14.2 Å². The van der Waals surface area contributed by atoms with Crippen molar-refractivity contribution in [3.05, 3.63) is 46.5 Å². The van der Waals surface area contributed by atoms with E-state index in [2.05, 4.69) is 28.1 Å². The lowest BCUT2D eigenvalue weighted by atomic mass is 10.1. The molecule has 2 aromatic heterocycles. The van der Waals surface area contributed by atoms with Crippen LogP contribution >= 0.6 is 11.3 Å². The molecule has 1 aliphatic heterocycles. The second-order valence-corrected chi connectivity index (χ2v) is 8.93. The number of aromatic amines is 1. The van der Waals surface area contributed by atoms with Crippen molar-refractivity contribution in [1.82, 2.24) is 20.0 Å². The van der Waals surface area contributed by atoms with E-state index >= 15 is 0 Å². The number of thiophene rings is 1. The Morgan fingerprint density at radius 2 is 1.78 bits per heavy atom. The van der Waals surface area contributed by atoms with Crippen molar-refractivity contribution in [2.24, 2.45) is 0 Å². The highest BCUT2D eigenvalue weighted by molar-refractivity contribution is 7.15. The normalized spacial score (nSPS) is 14.4. The summed E-state index contributed by atoms with van der Waals surface area (Å²) in [5.41, 5.74) is 2.36. The standard InChI is InChI=1S/C23H28N4O4S/c1-15-5-8-20(32-15)17-13-18(25-24-17)23(28)27-11-9-26(10-12-27)14-16-6-7-19(29-2)22(31-4)21(16)30-3/h5-8,13H,9-12,14H2,1-4H3,(H,24,25). The lowest BCUT2D eigenvalue weighted by Crippen LogP contribution is -2.48. The Bertz CT molecular complexity index is 1090. The first-order valence-corrected chi connectivity index (χ1v) is 11.3. The number of carbonyl (C=O) groups is 1. The number of amides is 1. The predicted molar refractivity (Wildman–Crippen MR) is 124 cm³/mol. The molecule has 0 radical (unpaired) electrons. The highest BCUT2D eigenvalue weighted by atomic mass is 32.1. The van der Waals surface area contributed by atoms with Gasteiger partial charge in [0.15, 0.2) is 17.2 Å². The summed E-state index contributed by atoms with van der Waals surface area (Å²) in [6.07, 6.45) is 0. The number of H-pyrrole nitrogens is 1. The summed E-state index contributed by atoms with van der Waals surface area (Å²) in [7, 11) is 4.85. The quantitative estimate of drug-likeness (QED) is 0.587. The van der Waals surface area contributed by atoms with Gasteiger partial charge in [-0.15, -0.1) is 11.3 Å². The second-order valence-electron chi connectivity index (χ2n) is 7.64. The summed E-state index contributed by atoms with van der Waals surface area (Å²) in [5.74, 6) is 1.87. The first-order valence-electron chi connectivity index (χ1n) is 10.5. The monoisotopic (exact) mass is 456 g/mol. The summed E-state index contributed by atoms with van der Waals surface area (Å²) in [6.45, 7) is 5.60. The molecular weight excluding hydrogens is 428 g/mol. The number of nitrogens with one attached hydrogen (secondary N) is 1. The molecule has 1 aromatic carbocycles. The van der Waals surface area contributed by atoms with E-state index < -0.39 is 0 Å². The molecule has 170 valence electrons. The van der Waals surface area contributed by atoms with E-state index in [1.807, 2.05) is 29.2 Å². The number of nitrogens with zero attached hydrogens (tertiary/aromatic N) is 3. The zero-order chi connectivity index (χ0) is 22.7. The van der Waals surface area contributed by atoms with Crippen molar-refractivity contribution in [3.63, 3.8) is 0 Å². The molecule has 1 aliphatic rings. The van der Waals surface area contributed by atoms with Crippen LogP contribution in [0, 0.1) is 6.92 Å².